The van der Waals surface area contributed by atoms with Gasteiger partial charge in [-0.3, -0.25) is 0 Å². The second-order valence-electron chi connectivity index (χ2n) is 4.90. The highest BCUT2D eigenvalue weighted by molar-refractivity contribution is 5.19. The zero-order valence-corrected chi connectivity index (χ0v) is 10.2. The summed E-state index contributed by atoms with van der Waals surface area (Å²) >= 11 is 0. The van der Waals surface area contributed by atoms with E-state index in [1.165, 1.54) is 6.07 Å². The van der Waals surface area contributed by atoms with Crippen LogP contribution in [0, 0.1) is 5.82 Å². The molecule has 1 aromatic carbocycles. The monoisotopic (exact) mass is 237 g/mol. The van der Waals surface area contributed by atoms with Gasteiger partial charge in [0.15, 0.2) is 0 Å². The lowest BCUT2D eigenvalue weighted by Crippen LogP contribution is -2.43. The van der Waals surface area contributed by atoms with Crippen LogP contribution in [-0.4, -0.2) is 17.3 Å². The van der Waals surface area contributed by atoms with E-state index in [0.717, 1.165) is 31.2 Å². The third kappa shape index (κ3) is 3.27. The summed E-state index contributed by atoms with van der Waals surface area (Å²) in [6, 6.07) is 6.85. The van der Waals surface area contributed by atoms with Crippen molar-refractivity contribution in [2.75, 3.05) is 0 Å². The molecule has 1 aliphatic carbocycles. The van der Waals surface area contributed by atoms with Gasteiger partial charge in [-0.2, -0.15) is 0 Å². The normalized spacial score (nSPS) is 26.8. The fourth-order valence-corrected chi connectivity index (χ4v) is 2.50. The van der Waals surface area contributed by atoms with Crippen LogP contribution in [0.4, 0.5) is 4.39 Å². The molecule has 0 heterocycles. The summed E-state index contributed by atoms with van der Waals surface area (Å²) in [6.07, 6.45) is 3.87. The summed E-state index contributed by atoms with van der Waals surface area (Å²) in [4.78, 5) is 0. The van der Waals surface area contributed by atoms with Crippen molar-refractivity contribution < 1.29 is 9.50 Å². The van der Waals surface area contributed by atoms with E-state index >= 15 is 0 Å². The molecule has 1 fully saturated rings. The lowest BCUT2D eigenvalue weighted by Gasteiger charge is -2.31. The number of aliphatic hydroxyl groups is 1. The topological polar surface area (TPSA) is 32.3 Å². The van der Waals surface area contributed by atoms with Gasteiger partial charge in [0.2, 0.25) is 0 Å². The smallest absolute Gasteiger partial charge is 0.123 e. The van der Waals surface area contributed by atoms with E-state index in [2.05, 4.69) is 5.32 Å². The van der Waals surface area contributed by atoms with Crippen LogP contribution < -0.4 is 5.32 Å². The van der Waals surface area contributed by atoms with Crippen molar-refractivity contribution in [2.45, 2.75) is 50.8 Å². The molecule has 1 saturated carbocycles. The minimum absolute atomic E-state index is 0.0726. The zero-order chi connectivity index (χ0) is 12.3. The van der Waals surface area contributed by atoms with Crippen LogP contribution in [0.2, 0.25) is 0 Å². The maximum atomic E-state index is 13.1. The van der Waals surface area contributed by atoms with Crippen molar-refractivity contribution in [3.05, 3.63) is 35.6 Å². The first-order chi connectivity index (χ1) is 8.16. The first-order valence-electron chi connectivity index (χ1n) is 6.36. The number of hydrogen-bond acceptors (Lipinski definition) is 2. The maximum Gasteiger partial charge on any atom is 0.123 e. The average molecular weight is 237 g/mol. The van der Waals surface area contributed by atoms with Gasteiger partial charge in [0.1, 0.15) is 5.82 Å². The number of nitrogens with one attached hydrogen (secondary N) is 1. The minimum atomic E-state index is -0.264. The van der Waals surface area contributed by atoms with E-state index in [1.54, 1.807) is 12.1 Å². The second-order valence-corrected chi connectivity index (χ2v) is 4.90. The fourth-order valence-electron chi connectivity index (χ4n) is 2.50. The van der Waals surface area contributed by atoms with Gasteiger partial charge in [0, 0.05) is 12.1 Å². The lowest BCUT2D eigenvalue weighted by atomic mass is 9.91. The number of hydrogen-bond donors (Lipinski definition) is 2. The Kier molecular flexibility index (Phi) is 4.13. The van der Waals surface area contributed by atoms with Crippen molar-refractivity contribution in [1.29, 1.82) is 0 Å². The Morgan fingerprint density at radius 3 is 2.82 bits per heavy atom. The number of halogens is 1. The van der Waals surface area contributed by atoms with E-state index in [1.807, 2.05) is 13.0 Å². The molecule has 0 amide bonds. The lowest BCUT2D eigenvalue weighted by molar-refractivity contribution is 0.0859. The average Bonchev–Trinajstić information content (AvgIpc) is 2.32. The van der Waals surface area contributed by atoms with Gasteiger partial charge >= 0.3 is 0 Å². The van der Waals surface area contributed by atoms with Crippen LogP contribution in [0.15, 0.2) is 24.3 Å². The number of aliphatic hydroxyl groups excluding tert-OH is 1. The van der Waals surface area contributed by atoms with Crippen molar-refractivity contribution in [1.82, 2.24) is 5.32 Å². The van der Waals surface area contributed by atoms with Crippen molar-refractivity contribution in [2.24, 2.45) is 0 Å². The van der Waals surface area contributed by atoms with Crippen molar-refractivity contribution >= 4 is 0 Å². The molecular formula is C14H20FNO. The molecule has 0 aliphatic heterocycles. The van der Waals surface area contributed by atoms with Crippen LogP contribution in [-0.2, 0) is 0 Å². The van der Waals surface area contributed by atoms with Gasteiger partial charge in [0.05, 0.1) is 6.10 Å². The van der Waals surface area contributed by atoms with E-state index in [0.29, 0.717) is 0 Å². The first-order valence-corrected chi connectivity index (χ1v) is 6.36. The third-order valence-electron chi connectivity index (χ3n) is 3.54. The Hall–Kier alpha value is -0.930. The van der Waals surface area contributed by atoms with E-state index < -0.39 is 0 Å². The molecule has 2 N–H and O–H groups in total. The van der Waals surface area contributed by atoms with Crippen LogP contribution in [0.25, 0.3) is 0 Å². The maximum absolute atomic E-state index is 13.1. The fraction of sp³-hybridized carbons (Fsp3) is 0.571. The summed E-state index contributed by atoms with van der Waals surface area (Å²) in [6.45, 7) is 2.01. The minimum Gasteiger partial charge on any atom is -0.392 e. The molecule has 0 radical (unpaired) electrons. The Balaban J connectivity index is 1.98. The highest BCUT2D eigenvalue weighted by Crippen LogP contribution is 2.22. The predicted molar refractivity (Wildman–Crippen MR) is 66.2 cm³/mol. The summed E-state index contributed by atoms with van der Waals surface area (Å²) in [5.41, 5.74) is 0.933. The molecule has 3 atom stereocenters. The predicted octanol–water partition coefficient (Wildman–Crippen LogP) is 2.78. The molecule has 0 aromatic heterocycles. The zero-order valence-electron chi connectivity index (χ0n) is 10.2. The SMILES string of the molecule is C[C@H](N[C@@H]1CCCC[C@H]1O)c1cccc(F)c1. The molecule has 1 aliphatic rings. The largest absolute Gasteiger partial charge is 0.392 e. The molecule has 0 spiro atoms. The standard InChI is InChI=1S/C14H20FNO/c1-10(11-5-4-6-12(15)9-11)16-13-7-2-3-8-14(13)17/h4-6,9-10,13-14,16-17H,2-3,7-8H2,1H3/t10-,13+,14+/m0/s1. The molecule has 1 aromatic rings. The molecular weight excluding hydrogens is 217 g/mol. The van der Waals surface area contributed by atoms with E-state index in [4.69, 9.17) is 0 Å². The van der Waals surface area contributed by atoms with Gasteiger partial charge < -0.3 is 10.4 Å². The molecule has 3 heteroatoms. The first kappa shape index (κ1) is 12.5. The van der Waals surface area contributed by atoms with Gasteiger partial charge in [0.25, 0.3) is 0 Å². The van der Waals surface area contributed by atoms with Crippen LogP contribution in [0.1, 0.15) is 44.2 Å². The molecule has 0 saturated heterocycles. The van der Waals surface area contributed by atoms with Crippen LogP contribution in [0.3, 0.4) is 0 Å². The van der Waals surface area contributed by atoms with E-state index in [-0.39, 0.29) is 24.0 Å². The molecule has 17 heavy (non-hydrogen) atoms. The Labute approximate surface area is 102 Å². The molecule has 2 nitrogen and oxygen atoms in total. The molecule has 0 unspecified atom stereocenters. The summed E-state index contributed by atoms with van der Waals surface area (Å²) in [5.74, 6) is -0.208. The van der Waals surface area contributed by atoms with E-state index in [9.17, 15) is 9.50 Å². The summed E-state index contributed by atoms with van der Waals surface area (Å²) < 4.78 is 13.1. The Morgan fingerprint density at radius 2 is 2.12 bits per heavy atom. The van der Waals surface area contributed by atoms with Gasteiger partial charge in [-0.15, -0.1) is 0 Å². The molecule has 94 valence electrons. The highest BCUT2D eigenvalue weighted by atomic mass is 19.1. The van der Waals surface area contributed by atoms with Gasteiger partial charge in [-0.25, -0.2) is 4.39 Å². The van der Waals surface area contributed by atoms with Gasteiger partial charge in [-0.1, -0.05) is 25.0 Å². The molecule has 0 bridgehead atoms. The van der Waals surface area contributed by atoms with Crippen LogP contribution >= 0.6 is 0 Å². The number of benzene rings is 1. The number of rotatable bonds is 3. The van der Waals surface area contributed by atoms with Gasteiger partial charge in [-0.05, 0) is 37.5 Å². The van der Waals surface area contributed by atoms with Crippen LogP contribution in [0.5, 0.6) is 0 Å². The summed E-state index contributed by atoms with van der Waals surface area (Å²) in [7, 11) is 0. The quantitative estimate of drug-likeness (QED) is 0.847. The third-order valence-corrected chi connectivity index (χ3v) is 3.54. The highest BCUT2D eigenvalue weighted by Gasteiger charge is 2.24. The second kappa shape index (κ2) is 5.61. The van der Waals surface area contributed by atoms with Crippen molar-refractivity contribution in [3.8, 4) is 0 Å². The van der Waals surface area contributed by atoms with Crippen molar-refractivity contribution in [3.63, 3.8) is 0 Å². The Bertz CT molecular complexity index is 369. The summed E-state index contributed by atoms with van der Waals surface area (Å²) in [5, 5.41) is 13.3. The molecule has 2 rings (SSSR count). The Morgan fingerprint density at radius 1 is 1.35 bits per heavy atom.